The maximum Gasteiger partial charge on any atom is 0.336 e. The monoisotopic (exact) mass is 384 g/mol. The molecule has 1 N–H and O–H groups in total. The first-order valence-electron chi connectivity index (χ1n) is 10.5. The minimum absolute atomic E-state index is 0.292. The van der Waals surface area contributed by atoms with Gasteiger partial charge in [0.1, 0.15) is 5.58 Å². The van der Waals surface area contributed by atoms with Crippen molar-refractivity contribution in [2.45, 2.75) is 65.3 Å². The summed E-state index contributed by atoms with van der Waals surface area (Å²) in [6.45, 7) is 9.54. The number of amides is 1. The molecule has 28 heavy (non-hydrogen) atoms. The normalized spacial score (nSPS) is 15.4. The lowest BCUT2D eigenvalue weighted by Crippen LogP contribution is -2.32. The van der Waals surface area contributed by atoms with Crippen molar-refractivity contribution in [3.8, 4) is 0 Å². The topological polar surface area (TPSA) is 62.6 Å². The highest BCUT2D eigenvalue weighted by Gasteiger charge is 2.16. The molecule has 1 aliphatic heterocycles. The molecular formula is C23H32N2O3. The summed E-state index contributed by atoms with van der Waals surface area (Å²) in [7, 11) is 0. The number of nitrogens with one attached hydrogen (secondary N) is 1. The highest BCUT2D eigenvalue weighted by atomic mass is 16.4. The standard InChI is InChI=1S/C23H32N2O3/c1-16(2)19-14-20-18(13-23(27)28-21(20)12-17(19)3)15-24-9-7-11-25-10-6-4-5-8-22(25)26/h12-14,16,24H,4-11,15H2,1-3H3. The molecular weight excluding hydrogens is 352 g/mol. The molecule has 0 bridgehead atoms. The van der Waals surface area contributed by atoms with Gasteiger partial charge in [0.2, 0.25) is 5.91 Å². The maximum absolute atomic E-state index is 12.1. The van der Waals surface area contributed by atoms with Gasteiger partial charge >= 0.3 is 5.63 Å². The Bertz CT molecular complexity index is 885. The molecule has 152 valence electrons. The summed E-state index contributed by atoms with van der Waals surface area (Å²) in [5, 5.41) is 4.44. The first-order valence-corrected chi connectivity index (χ1v) is 10.5. The van der Waals surface area contributed by atoms with E-state index in [-0.39, 0.29) is 5.63 Å². The largest absolute Gasteiger partial charge is 0.423 e. The molecule has 1 fully saturated rings. The maximum atomic E-state index is 12.1. The SMILES string of the molecule is Cc1cc2oc(=O)cc(CNCCCN3CCCCCC3=O)c2cc1C(C)C. The average Bonchev–Trinajstić information content (AvgIpc) is 2.84. The van der Waals surface area contributed by atoms with E-state index in [4.69, 9.17) is 4.42 Å². The van der Waals surface area contributed by atoms with Crippen LogP contribution in [-0.2, 0) is 11.3 Å². The van der Waals surface area contributed by atoms with Gasteiger partial charge in [0.15, 0.2) is 0 Å². The molecule has 1 saturated heterocycles. The fourth-order valence-corrected chi connectivity index (χ4v) is 4.05. The number of aryl methyl sites for hydroxylation is 1. The van der Waals surface area contributed by atoms with Crippen molar-refractivity contribution in [3.63, 3.8) is 0 Å². The third kappa shape index (κ3) is 5.02. The molecule has 1 aromatic heterocycles. The van der Waals surface area contributed by atoms with Gasteiger partial charge in [-0.05, 0) is 67.5 Å². The number of hydrogen-bond donors (Lipinski definition) is 1. The zero-order valence-electron chi connectivity index (χ0n) is 17.3. The van der Waals surface area contributed by atoms with Crippen molar-refractivity contribution in [2.24, 2.45) is 0 Å². The van der Waals surface area contributed by atoms with E-state index in [9.17, 15) is 9.59 Å². The third-order valence-corrected chi connectivity index (χ3v) is 5.61. The van der Waals surface area contributed by atoms with Gasteiger partial charge in [0, 0.05) is 37.5 Å². The molecule has 1 aliphatic rings. The first-order chi connectivity index (χ1) is 13.5. The Kier molecular flexibility index (Phi) is 6.89. The van der Waals surface area contributed by atoms with Gasteiger partial charge < -0.3 is 14.6 Å². The number of likely N-dealkylation sites (tertiary alicyclic amines) is 1. The zero-order chi connectivity index (χ0) is 20.1. The van der Waals surface area contributed by atoms with Crippen LogP contribution in [0.3, 0.4) is 0 Å². The Labute approximate surface area is 167 Å². The molecule has 1 amide bonds. The highest BCUT2D eigenvalue weighted by Crippen LogP contribution is 2.26. The molecule has 5 heteroatoms. The van der Waals surface area contributed by atoms with Crippen LogP contribution in [0.4, 0.5) is 0 Å². The lowest BCUT2D eigenvalue weighted by Gasteiger charge is -2.20. The summed E-state index contributed by atoms with van der Waals surface area (Å²) in [5.74, 6) is 0.712. The number of benzene rings is 1. The van der Waals surface area contributed by atoms with Crippen LogP contribution in [0, 0.1) is 6.92 Å². The Morgan fingerprint density at radius 2 is 1.96 bits per heavy atom. The van der Waals surface area contributed by atoms with E-state index in [0.29, 0.717) is 30.4 Å². The minimum atomic E-state index is -0.309. The quantitative estimate of drug-likeness (QED) is 0.576. The van der Waals surface area contributed by atoms with Crippen molar-refractivity contribution in [1.29, 1.82) is 0 Å². The van der Waals surface area contributed by atoms with E-state index in [1.165, 1.54) is 5.56 Å². The Balaban J connectivity index is 1.63. The summed E-state index contributed by atoms with van der Waals surface area (Å²) in [5.41, 5.74) is 3.75. The Morgan fingerprint density at radius 1 is 1.14 bits per heavy atom. The highest BCUT2D eigenvalue weighted by molar-refractivity contribution is 5.82. The second kappa shape index (κ2) is 9.37. The van der Waals surface area contributed by atoms with E-state index in [1.54, 1.807) is 6.07 Å². The van der Waals surface area contributed by atoms with Crippen LogP contribution in [0.1, 0.15) is 68.6 Å². The van der Waals surface area contributed by atoms with E-state index in [1.807, 2.05) is 11.0 Å². The second-order valence-corrected chi connectivity index (χ2v) is 8.17. The van der Waals surface area contributed by atoms with Crippen LogP contribution in [0.5, 0.6) is 0 Å². The summed E-state index contributed by atoms with van der Waals surface area (Å²) in [6, 6.07) is 5.72. The van der Waals surface area contributed by atoms with Crippen LogP contribution in [0.15, 0.2) is 27.4 Å². The zero-order valence-corrected chi connectivity index (χ0v) is 17.3. The van der Waals surface area contributed by atoms with Gasteiger partial charge in [-0.15, -0.1) is 0 Å². The molecule has 0 spiro atoms. The van der Waals surface area contributed by atoms with E-state index < -0.39 is 0 Å². The number of carbonyl (C=O) groups is 1. The number of hydrogen-bond acceptors (Lipinski definition) is 4. The van der Waals surface area contributed by atoms with Crippen LogP contribution in [-0.4, -0.2) is 30.4 Å². The molecule has 0 unspecified atom stereocenters. The molecule has 3 rings (SSSR count). The van der Waals surface area contributed by atoms with E-state index in [0.717, 1.165) is 61.8 Å². The van der Waals surface area contributed by atoms with Crippen LogP contribution in [0.2, 0.25) is 0 Å². The molecule has 0 atom stereocenters. The van der Waals surface area contributed by atoms with Crippen LogP contribution >= 0.6 is 0 Å². The van der Waals surface area contributed by atoms with E-state index >= 15 is 0 Å². The number of rotatable bonds is 7. The first kappa shape index (κ1) is 20.6. The van der Waals surface area contributed by atoms with Crippen molar-refractivity contribution in [3.05, 3.63) is 45.3 Å². The second-order valence-electron chi connectivity index (χ2n) is 8.17. The van der Waals surface area contributed by atoms with E-state index in [2.05, 4.69) is 32.2 Å². The number of carbonyl (C=O) groups excluding carboxylic acids is 1. The van der Waals surface area contributed by atoms with Gasteiger partial charge in [-0.2, -0.15) is 0 Å². The van der Waals surface area contributed by atoms with Crippen LogP contribution < -0.4 is 10.9 Å². The van der Waals surface area contributed by atoms with Crippen molar-refractivity contribution in [1.82, 2.24) is 10.2 Å². The molecule has 0 aliphatic carbocycles. The van der Waals surface area contributed by atoms with Crippen molar-refractivity contribution >= 4 is 16.9 Å². The third-order valence-electron chi connectivity index (χ3n) is 5.61. The van der Waals surface area contributed by atoms with Crippen molar-refractivity contribution in [2.75, 3.05) is 19.6 Å². The summed E-state index contributed by atoms with van der Waals surface area (Å²) in [4.78, 5) is 26.0. The molecule has 0 radical (unpaired) electrons. The fraction of sp³-hybridized carbons (Fsp3) is 0.565. The van der Waals surface area contributed by atoms with Gasteiger partial charge in [0.25, 0.3) is 0 Å². The van der Waals surface area contributed by atoms with Crippen molar-refractivity contribution < 1.29 is 9.21 Å². The molecule has 2 aromatic rings. The lowest BCUT2D eigenvalue weighted by atomic mass is 9.95. The van der Waals surface area contributed by atoms with Gasteiger partial charge in [-0.1, -0.05) is 20.3 Å². The summed E-state index contributed by atoms with van der Waals surface area (Å²) < 4.78 is 5.42. The summed E-state index contributed by atoms with van der Waals surface area (Å²) in [6.07, 6.45) is 4.90. The minimum Gasteiger partial charge on any atom is -0.423 e. The van der Waals surface area contributed by atoms with Crippen LogP contribution in [0.25, 0.3) is 11.0 Å². The molecule has 5 nitrogen and oxygen atoms in total. The smallest absolute Gasteiger partial charge is 0.336 e. The predicted molar refractivity (Wildman–Crippen MR) is 113 cm³/mol. The van der Waals surface area contributed by atoms with Gasteiger partial charge in [0.05, 0.1) is 0 Å². The predicted octanol–water partition coefficient (Wildman–Crippen LogP) is 4.11. The average molecular weight is 385 g/mol. The number of fused-ring (bicyclic) bond motifs is 1. The van der Waals surface area contributed by atoms with Gasteiger partial charge in [-0.25, -0.2) is 4.79 Å². The Morgan fingerprint density at radius 3 is 2.75 bits per heavy atom. The molecule has 1 aromatic carbocycles. The molecule has 0 saturated carbocycles. The van der Waals surface area contributed by atoms with Gasteiger partial charge in [-0.3, -0.25) is 4.79 Å². The molecule has 2 heterocycles. The Hall–Kier alpha value is -2.14. The summed E-state index contributed by atoms with van der Waals surface area (Å²) >= 11 is 0. The number of nitrogens with zero attached hydrogens (tertiary/aromatic N) is 1. The fourth-order valence-electron chi connectivity index (χ4n) is 4.05. The lowest BCUT2D eigenvalue weighted by molar-refractivity contribution is -0.130.